The molecule has 5 heteroatoms. The molecule has 1 heterocycles. The number of nitrogens with one attached hydrogen (secondary N) is 2. The number of carbonyl (C=O) groups is 2. The molecule has 1 aromatic carbocycles. The highest BCUT2D eigenvalue weighted by Gasteiger charge is 2.54. The Morgan fingerprint density at radius 3 is 2.75 bits per heavy atom. The predicted molar refractivity (Wildman–Crippen MR) is 143 cm³/mol. The molecule has 4 atom stereocenters. The monoisotopic (exact) mass is 486 g/mol. The number of para-hydroxylation sites is 1. The van der Waals surface area contributed by atoms with Crippen LogP contribution in [0.4, 0.5) is 0 Å². The van der Waals surface area contributed by atoms with Gasteiger partial charge in [0.05, 0.1) is 5.70 Å². The molecule has 1 aromatic heterocycles. The van der Waals surface area contributed by atoms with E-state index in [1.807, 2.05) is 24.4 Å². The lowest BCUT2D eigenvalue weighted by Gasteiger charge is -2.58. The Labute approximate surface area is 213 Å². The first-order valence-electron chi connectivity index (χ1n) is 13.3. The lowest BCUT2D eigenvalue weighted by molar-refractivity contribution is -0.132. The van der Waals surface area contributed by atoms with Gasteiger partial charge in [0, 0.05) is 35.3 Å². The smallest absolute Gasteiger partial charge is 0.232 e. The number of benzene rings is 1. The van der Waals surface area contributed by atoms with E-state index < -0.39 is 11.6 Å². The number of allylic oxidation sites excluding steroid dienone is 4. The fourth-order valence-corrected chi connectivity index (χ4v) is 7.24. The fraction of sp³-hybridized carbons (Fsp3) is 0.484. The van der Waals surface area contributed by atoms with Crippen molar-refractivity contribution in [3.8, 4) is 0 Å². The number of Topliss-reactive ketones (excluding diaryl/α,β-unsaturated/α-hetero) is 1. The van der Waals surface area contributed by atoms with Gasteiger partial charge in [-0.2, -0.15) is 0 Å². The summed E-state index contributed by atoms with van der Waals surface area (Å²) in [6, 6.07) is 8.15. The Bertz CT molecular complexity index is 1310. The zero-order valence-corrected chi connectivity index (χ0v) is 21.9. The van der Waals surface area contributed by atoms with Gasteiger partial charge in [-0.1, -0.05) is 50.6 Å². The first-order valence-corrected chi connectivity index (χ1v) is 13.3. The number of aromatic nitrogens is 1. The summed E-state index contributed by atoms with van der Waals surface area (Å²) < 4.78 is 0. The van der Waals surface area contributed by atoms with Crippen LogP contribution < -0.4 is 5.32 Å². The first-order chi connectivity index (χ1) is 17.1. The largest absolute Gasteiger partial charge is 0.505 e. The number of fused-ring (bicyclic) bond motifs is 2. The van der Waals surface area contributed by atoms with Crippen LogP contribution in [0.3, 0.4) is 0 Å². The quantitative estimate of drug-likeness (QED) is 0.253. The van der Waals surface area contributed by atoms with Crippen LogP contribution in [0.15, 0.2) is 65.2 Å². The molecule has 0 spiro atoms. The third-order valence-corrected chi connectivity index (χ3v) is 9.85. The van der Waals surface area contributed by atoms with E-state index in [1.165, 1.54) is 22.6 Å². The van der Waals surface area contributed by atoms with Gasteiger partial charge >= 0.3 is 0 Å². The molecule has 5 nitrogen and oxygen atoms in total. The SMILES string of the molecule is CC1=CCC[C@H]2[C@](C)(CC3=C(O)C(NCCc4c[nH]c5ccccc45)=CC(=O)C3=O)[C@@H](C)CC[C@@]12C. The standard InChI is InChI=1S/C31H38N2O3/c1-19-8-7-11-27-30(19,3)14-12-20(2)31(27,4)17-23-28(35)25(16-26(34)29(23)36)32-15-13-21-18-33-24-10-6-5-9-22(21)24/h5-6,8-10,16,18,20,27,32-33,35H,7,11-15,17H2,1-4H3/t20-,27+,30-,31+/m0/s1. The zero-order valence-electron chi connectivity index (χ0n) is 21.9. The van der Waals surface area contributed by atoms with E-state index in [9.17, 15) is 14.7 Å². The number of aliphatic hydroxyl groups excluding tert-OH is 1. The molecule has 0 radical (unpaired) electrons. The molecule has 0 bridgehead atoms. The summed E-state index contributed by atoms with van der Waals surface area (Å²) in [5, 5.41) is 15.7. The summed E-state index contributed by atoms with van der Waals surface area (Å²) >= 11 is 0. The highest BCUT2D eigenvalue weighted by atomic mass is 16.3. The van der Waals surface area contributed by atoms with Crippen molar-refractivity contribution in [1.29, 1.82) is 0 Å². The van der Waals surface area contributed by atoms with Crippen LogP contribution in [0.2, 0.25) is 0 Å². The lowest BCUT2D eigenvalue weighted by Crippen LogP contribution is -2.50. The average molecular weight is 487 g/mol. The molecule has 3 aliphatic carbocycles. The Kier molecular flexibility index (Phi) is 6.22. The third kappa shape index (κ3) is 3.93. The number of rotatable bonds is 6. The van der Waals surface area contributed by atoms with Crippen LogP contribution in [0, 0.1) is 22.7 Å². The first kappa shape index (κ1) is 24.6. The molecule has 0 saturated heterocycles. The van der Waals surface area contributed by atoms with Gasteiger partial charge < -0.3 is 15.4 Å². The normalized spacial score (nSPS) is 30.8. The summed E-state index contributed by atoms with van der Waals surface area (Å²) in [4.78, 5) is 29.1. The maximum atomic E-state index is 13.1. The minimum Gasteiger partial charge on any atom is -0.505 e. The van der Waals surface area contributed by atoms with Crippen molar-refractivity contribution in [3.63, 3.8) is 0 Å². The average Bonchev–Trinajstić information content (AvgIpc) is 3.27. The molecule has 0 aliphatic heterocycles. The van der Waals surface area contributed by atoms with Crippen molar-refractivity contribution < 1.29 is 14.7 Å². The Hall–Kier alpha value is -3.08. The van der Waals surface area contributed by atoms with E-state index in [1.54, 1.807) is 0 Å². The van der Waals surface area contributed by atoms with Crippen molar-refractivity contribution >= 4 is 22.5 Å². The van der Waals surface area contributed by atoms with Gasteiger partial charge in [-0.3, -0.25) is 9.59 Å². The van der Waals surface area contributed by atoms with Crippen LogP contribution >= 0.6 is 0 Å². The van der Waals surface area contributed by atoms with E-state index in [2.05, 4.69) is 50.1 Å². The van der Waals surface area contributed by atoms with Gasteiger partial charge in [0.2, 0.25) is 11.6 Å². The third-order valence-electron chi connectivity index (χ3n) is 9.85. The molecule has 1 saturated carbocycles. The molecular weight excluding hydrogens is 448 g/mol. The minimum absolute atomic E-state index is 0.0534. The van der Waals surface area contributed by atoms with Crippen molar-refractivity contribution in [2.75, 3.05) is 6.54 Å². The molecule has 3 aliphatic rings. The van der Waals surface area contributed by atoms with Crippen LogP contribution in [0.25, 0.3) is 10.9 Å². The number of aromatic amines is 1. The van der Waals surface area contributed by atoms with E-state index >= 15 is 0 Å². The Balaban J connectivity index is 1.38. The van der Waals surface area contributed by atoms with Gasteiger partial charge in [-0.25, -0.2) is 0 Å². The second-order valence-corrected chi connectivity index (χ2v) is 11.7. The highest BCUT2D eigenvalue weighted by Crippen LogP contribution is 2.62. The minimum atomic E-state index is -0.557. The summed E-state index contributed by atoms with van der Waals surface area (Å²) in [6.45, 7) is 9.71. The van der Waals surface area contributed by atoms with Gasteiger partial charge in [-0.15, -0.1) is 0 Å². The summed E-state index contributed by atoms with van der Waals surface area (Å²) in [5.41, 5.74) is 4.28. The van der Waals surface area contributed by atoms with Gasteiger partial charge in [-0.05, 0) is 79.7 Å². The summed E-state index contributed by atoms with van der Waals surface area (Å²) in [5.74, 6) is -0.354. The number of carbonyl (C=O) groups excluding carboxylic acids is 2. The van der Waals surface area contributed by atoms with Crippen LogP contribution in [-0.2, 0) is 16.0 Å². The molecular formula is C31H38N2O3. The maximum Gasteiger partial charge on any atom is 0.232 e. The number of aliphatic hydroxyl groups is 1. The second kappa shape index (κ2) is 9.10. The van der Waals surface area contributed by atoms with Gasteiger partial charge in [0.25, 0.3) is 0 Å². The van der Waals surface area contributed by atoms with Crippen molar-refractivity contribution in [1.82, 2.24) is 10.3 Å². The molecule has 2 aromatic rings. The topological polar surface area (TPSA) is 82.2 Å². The molecule has 0 unspecified atom stereocenters. The molecule has 1 fully saturated rings. The van der Waals surface area contributed by atoms with Crippen LogP contribution in [0.5, 0.6) is 0 Å². The summed E-state index contributed by atoms with van der Waals surface area (Å²) in [7, 11) is 0. The molecule has 3 N–H and O–H groups in total. The van der Waals surface area contributed by atoms with Gasteiger partial charge in [0.1, 0.15) is 5.76 Å². The van der Waals surface area contributed by atoms with Gasteiger partial charge in [0.15, 0.2) is 0 Å². The van der Waals surface area contributed by atoms with Crippen LogP contribution in [-0.4, -0.2) is 28.2 Å². The van der Waals surface area contributed by atoms with Crippen molar-refractivity contribution in [2.45, 2.75) is 66.2 Å². The van der Waals surface area contributed by atoms with E-state index in [4.69, 9.17) is 0 Å². The number of ketones is 2. The number of H-pyrrole nitrogens is 1. The zero-order chi connectivity index (χ0) is 25.7. The second-order valence-electron chi connectivity index (χ2n) is 11.7. The van der Waals surface area contributed by atoms with E-state index in [0.717, 1.165) is 37.6 Å². The Morgan fingerprint density at radius 2 is 1.94 bits per heavy atom. The fourth-order valence-electron chi connectivity index (χ4n) is 7.24. The van der Waals surface area contributed by atoms with Crippen molar-refractivity contribution in [3.05, 3.63) is 70.8 Å². The van der Waals surface area contributed by atoms with E-state index in [-0.39, 0.29) is 22.2 Å². The summed E-state index contributed by atoms with van der Waals surface area (Å²) in [6.07, 6.45) is 11.2. The maximum absolute atomic E-state index is 13.1. The lowest BCUT2D eigenvalue weighted by atomic mass is 9.46. The predicted octanol–water partition coefficient (Wildman–Crippen LogP) is 6.34. The Morgan fingerprint density at radius 1 is 1.17 bits per heavy atom. The molecule has 5 rings (SSSR count). The molecule has 36 heavy (non-hydrogen) atoms. The van der Waals surface area contributed by atoms with Crippen LogP contribution in [0.1, 0.15) is 65.4 Å². The molecule has 190 valence electrons. The van der Waals surface area contributed by atoms with E-state index in [0.29, 0.717) is 30.5 Å². The highest BCUT2D eigenvalue weighted by molar-refractivity contribution is 6.48. The number of hydrogen-bond donors (Lipinski definition) is 3. The molecule has 0 amide bonds. The number of hydrogen-bond acceptors (Lipinski definition) is 4. The van der Waals surface area contributed by atoms with Crippen molar-refractivity contribution in [2.24, 2.45) is 22.7 Å².